The Morgan fingerprint density at radius 1 is 1.54 bits per heavy atom. The van der Waals surface area contributed by atoms with Gasteiger partial charge in [-0.15, -0.1) is 11.6 Å². The highest BCUT2D eigenvalue weighted by Crippen LogP contribution is 2.28. The summed E-state index contributed by atoms with van der Waals surface area (Å²) < 4.78 is -0.571. The van der Waals surface area contributed by atoms with Gasteiger partial charge in [-0.1, -0.05) is 6.07 Å². The number of aromatic hydroxyl groups is 1. The predicted octanol–water partition coefficient (Wildman–Crippen LogP) is 2.26. The van der Waals surface area contributed by atoms with Gasteiger partial charge in [0, 0.05) is 0 Å². The van der Waals surface area contributed by atoms with E-state index in [9.17, 15) is 4.79 Å². The molecule has 0 heterocycles. The van der Waals surface area contributed by atoms with Crippen LogP contribution in [0.5, 0.6) is 5.75 Å². The lowest BCUT2D eigenvalue weighted by Gasteiger charge is -2.05. The Kier molecular flexibility index (Phi) is 3.06. The van der Waals surface area contributed by atoms with E-state index in [1.807, 2.05) is 0 Å². The highest BCUT2D eigenvalue weighted by Gasteiger charge is 2.12. The van der Waals surface area contributed by atoms with Crippen molar-refractivity contribution in [2.24, 2.45) is 0 Å². The number of carboxylic acid groups (broad SMARTS) is 1. The Labute approximate surface area is 85.4 Å². The standard InChI is InChI=1S/C8H7ClO3S/c9-7(13)4-1-2-6(10)5(3-4)8(11)12/h1-3,7,10,13H,(H,11,12). The van der Waals surface area contributed by atoms with Gasteiger partial charge in [0.05, 0.1) is 0 Å². The number of alkyl halides is 1. The van der Waals surface area contributed by atoms with E-state index in [4.69, 9.17) is 21.8 Å². The van der Waals surface area contributed by atoms with Crippen LogP contribution in [0.25, 0.3) is 0 Å². The number of rotatable bonds is 2. The van der Waals surface area contributed by atoms with Crippen molar-refractivity contribution < 1.29 is 15.0 Å². The third kappa shape index (κ3) is 2.29. The van der Waals surface area contributed by atoms with Crippen molar-refractivity contribution in [1.82, 2.24) is 0 Å². The van der Waals surface area contributed by atoms with Gasteiger partial charge in [-0.3, -0.25) is 0 Å². The zero-order valence-corrected chi connectivity index (χ0v) is 8.09. The van der Waals surface area contributed by atoms with Crippen LogP contribution in [0.4, 0.5) is 0 Å². The van der Waals surface area contributed by atoms with E-state index in [2.05, 4.69) is 12.6 Å². The first-order valence-corrected chi connectivity index (χ1v) is 4.36. The molecule has 1 rings (SSSR count). The summed E-state index contributed by atoms with van der Waals surface area (Å²) in [6, 6.07) is 4.10. The summed E-state index contributed by atoms with van der Waals surface area (Å²) in [6.07, 6.45) is 0. The summed E-state index contributed by atoms with van der Waals surface area (Å²) in [5.74, 6) is -1.47. The van der Waals surface area contributed by atoms with Crippen molar-refractivity contribution in [3.63, 3.8) is 0 Å². The summed E-state index contributed by atoms with van der Waals surface area (Å²) >= 11 is 9.55. The normalized spacial score (nSPS) is 12.5. The Hall–Kier alpha value is -0.870. The molecule has 13 heavy (non-hydrogen) atoms. The number of benzene rings is 1. The van der Waals surface area contributed by atoms with Crippen molar-refractivity contribution in [2.75, 3.05) is 0 Å². The lowest BCUT2D eigenvalue weighted by Crippen LogP contribution is -1.98. The molecule has 1 aromatic carbocycles. The average Bonchev–Trinajstić information content (AvgIpc) is 2.04. The minimum Gasteiger partial charge on any atom is -0.507 e. The summed E-state index contributed by atoms with van der Waals surface area (Å²) in [5.41, 5.74) is 0.373. The monoisotopic (exact) mass is 218 g/mol. The second-order valence-corrected chi connectivity index (χ2v) is 3.67. The van der Waals surface area contributed by atoms with Crippen LogP contribution in [-0.4, -0.2) is 16.2 Å². The van der Waals surface area contributed by atoms with E-state index in [0.29, 0.717) is 5.56 Å². The summed E-state index contributed by atoms with van der Waals surface area (Å²) in [5, 5.41) is 17.8. The SMILES string of the molecule is O=C(O)c1cc(C(S)Cl)ccc1O. The molecule has 0 saturated carbocycles. The van der Waals surface area contributed by atoms with E-state index in [0.717, 1.165) is 0 Å². The lowest BCUT2D eigenvalue weighted by molar-refractivity contribution is 0.0693. The second-order valence-electron chi connectivity index (χ2n) is 2.42. The van der Waals surface area contributed by atoms with Gasteiger partial charge in [0.1, 0.15) is 16.0 Å². The maximum absolute atomic E-state index is 10.6. The van der Waals surface area contributed by atoms with Gasteiger partial charge < -0.3 is 10.2 Å². The molecule has 0 aliphatic carbocycles. The molecule has 70 valence electrons. The number of hydrogen-bond donors (Lipinski definition) is 3. The molecule has 0 bridgehead atoms. The predicted molar refractivity (Wildman–Crippen MR) is 52.6 cm³/mol. The maximum atomic E-state index is 10.6. The number of halogens is 1. The Bertz CT molecular complexity index is 338. The molecule has 1 atom stereocenters. The number of phenols is 1. The van der Waals surface area contributed by atoms with Gasteiger partial charge >= 0.3 is 5.97 Å². The fraction of sp³-hybridized carbons (Fsp3) is 0.125. The molecule has 0 fully saturated rings. The summed E-state index contributed by atoms with van der Waals surface area (Å²) in [7, 11) is 0. The third-order valence-electron chi connectivity index (χ3n) is 1.53. The summed E-state index contributed by atoms with van der Waals surface area (Å²) in [6.45, 7) is 0. The van der Waals surface area contributed by atoms with Crippen LogP contribution >= 0.6 is 24.2 Å². The Morgan fingerprint density at radius 2 is 2.15 bits per heavy atom. The molecule has 1 unspecified atom stereocenters. The van der Waals surface area contributed by atoms with Crippen molar-refractivity contribution in [3.05, 3.63) is 29.3 Å². The maximum Gasteiger partial charge on any atom is 0.339 e. The Morgan fingerprint density at radius 3 is 2.62 bits per heavy atom. The molecule has 2 N–H and O–H groups in total. The number of carbonyl (C=O) groups is 1. The third-order valence-corrected chi connectivity index (χ3v) is 2.08. The molecule has 3 nitrogen and oxygen atoms in total. The lowest BCUT2D eigenvalue weighted by atomic mass is 10.1. The number of carboxylic acids is 1. The minimum atomic E-state index is -1.19. The van der Waals surface area contributed by atoms with E-state index in [-0.39, 0.29) is 11.3 Å². The van der Waals surface area contributed by atoms with E-state index < -0.39 is 10.7 Å². The molecular formula is C8H7ClO3S. The molecule has 0 spiro atoms. The molecule has 0 aliphatic rings. The van der Waals surface area contributed by atoms with Gasteiger partial charge in [0.2, 0.25) is 0 Å². The fourth-order valence-corrected chi connectivity index (χ4v) is 1.17. The van der Waals surface area contributed by atoms with Crippen LogP contribution < -0.4 is 0 Å². The highest BCUT2D eigenvalue weighted by molar-refractivity contribution is 7.81. The van der Waals surface area contributed by atoms with Crippen molar-refractivity contribution in [2.45, 2.75) is 4.71 Å². The van der Waals surface area contributed by atoms with Crippen LogP contribution in [-0.2, 0) is 0 Å². The van der Waals surface area contributed by atoms with Gasteiger partial charge in [0.15, 0.2) is 0 Å². The molecular weight excluding hydrogens is 212 g/mol. The highest BCUT2D eigenvalue weighted by atomic mass is 35.5. The smallest absolute Gasteiger partial charge is 0.339 e. The van der Waals surface area contributed by atoms with Gasteiger partial charge in [-0.05, 0) is 17.7 Å². The van der Waals surface area contributed by atoms with Crippen LogP contribution in [0.1, 0.15) is 20.6 Å². The number of thiol groups is 1. The first-order valence-electron chi connectivity index (χ1n) is 3.40. The Balaban J connectivity index is 3.19. The molecule has 0 aromatic heterocycles. The quantitative estimate of drug-likeness (QED) is 0.527. The summed E-state index contributed by atoms with van der Waals surface area (Å²) in [4.78, 5) is 10.6. The minimum absolute atomic E-state index is 0.169. The number of aromatic carboxylic acids is 1. The largest absolute Gasteiger partial charge is 0.507 e. The zero-order valence-electron chi connectivity index (χ0n) is 6.44. The van der Waals surface area contributed by atoms with Crippen LogP contribution in [0, 0.1) is 0 Å². The zero-order chi connectivity index (χ0) is 10.0. The van der Waals surface area contributed by atoms with Crippen molar-refractivity contribution in [3.8, 4) is 5.75 Å². The molecule has 5 heteroatoms. The van der Waals surface area contributed by atoms with Crippen LogP contribution in [0.2, 0.25) is 0 Å². The first kappa shape index (κ1) is 10.2. The van der Waals surface area contributed by atoms with Gasteiger partial charge in [-0.25, -0.2) is 4.79 Å². The van der Waals surface area contributed by atoms with Crippen LogP contribution in [0.3, 0.4) is 0 Å². The van der Waals surface area contributed by atoms with Crippen molar-refractivity contribution in [1.29, 1.82) is 0 Å². The molecule has 0 saturated heterocycles. The molecule has 0 amide bonds. The van der Waals surface area contributed by atoms with Crippen molar-refractivity contribution >= 4 is 30.2 Å². The van der Waals surface area contributed by atoms with Gasteiger partial charge in [-0.2, -0.15) is 12.6 Å². The average molecular weight is 219 g/mol. The topological polar surface area (TPSA) is 57.5 Å². The molecule has 0 radical (unpaired) electrons. The molecule has 0 aliphatic heterocycles. The van der Waals surface area contributed by atoms with E-state index in [1.54, 1.807) is 0 Å². The van der Waals surface area contributed by atoms with E-state index >= 15 is 0 Å². The second kappa shape index (κ2) is 3.89. The van der Waals surface area contributed by atoms with Gasteiger partial charge in [0.25, 0.3) is 0 Å². The van der Waals surface area contributed by atoms with Crippen LogP contribution in [0.15, 0.2) is 18.2 Å². The first-order chi connectivity index (χ1) is 6.02. The van der Waals surface area contributed by atoms with E-state index in [1.165, 1.54) is 18.2 Å². The number of hydrogen-bond acceptors (Lipinski definition) is 3. The molecule has 1 aromatic rings. The fourth-order valence-electron chi connectivity index (χ4n) is 0.873.